The molecule has 0 saturated heterocycles. The first-order chi connectivity index (χ1) is 15.0. The Morgan fingerprint density at radius 3 is 1.48 bits per heavy atom. The molecule has 2 aliphatic carbocycles. The molecular weight excluding hydrogens is 412 g/mol. The second-order valence-corrected chi connectivity index (χ2v) is 19.2. The van der Waals surface area contributed by atoms with Crippen LogP contribution in [0.2, 0.25) is 19.6 Å². The second-order valence-electron chi connectivity index (χ2n) is 14.1. The van der Waals surface area contributed by atoms with Gasteiger partial charge in [0.05, 0.1) is 8.07 Å². The Morgan fingerprint density at radius 2 is 1.12 bits per heavy atom. The van der Waals surface area contributed by atoms with Gasteiger partial charge < -0.3 is 0 Å². The van der Waals surface area contributed by atoms with Crippen LogP contribution >= 0.6 is 0 Å². The van der Waals surface area contributed by atoms with Crippen LogP contribution in [0.4, 0.5) is 0 Å². The largest absolute Gasteiger partial charge is 0.0778 e. The average molecular weight is 457 g/mol. The van der Waals surface area contributed by atoms with Crippen LogP contribution in [0, 0.1) is 11.3 Å². The van der Waals surface area contributed by atoms with Crippen LogP contribution in [-0.2, 0) is 10.8 Å². The van der Waals surface area contributed by atoms with E-state index in [0.717, 1.165) is 0 Å². The van der Waals surface area contributed by atoms with Crippen molar-refractivity contribution in [3.05, 3.63) is 82.1 Å². The summed E-state index contributed by atoms with van der Waals surface area (Å²) in [5.74, 6) is 0.866. The minimum atomic E-state index is -1.31. The van der Waals surface area contributed by atoms with E-state index in [9.17, 15) is 0 Å². The van der Waals surface area contributed by atoms with Crippen LogP contribution in [-0.4, -0.2) is 8.07 Å². The van der Waals surface area contributed by atoms with Crippen LogP contribution in [0.3, 0.4) is 0 Å². The topological polar surface area (TPSA) is 0 Å². The molecule has 33 heavy (non-hydrogen) atoms. The lowest BCUT2D eigenvalue weighted by molar-refractivity contribution is 0.267. The van der Waals surface area contributed by atoms with Crippen LogP contribution in [0.15, 0.2) is 59.8 Å². The van der Waals surface area contributed by atoms with Crippen LogP contribution in [0.1, 0.15) is 83.6 Å². The van der Waals surface area contributed by atoms with E-state index in [2.05, 4.69) is 130 Å². The zero-order valence-corrected chi connectivity index (χ0v) is 23.9. The first kappa shape index (κ1) is 24.3. The predicted octanol–water partition coefficient (Wildman–Crippen LogP) is 9.41. The lowest BCUT2D eigenvalue weighted by Gasteiger charge is -2.38. The molecular formula is C32H44Si. The van der Waals surface area contributed by atoms with Gasteiger partial charge in [-0.15, -0.1) is 0 Å². The third-order valence-electron chi connectivity index (χ3n) is 8.06. The molecule has 0 fully saturated rings. The number of rotatable bonds is 3. The first-order valence-corrected chi connectivity index (χ1v) is 16.2. The molecule has 0 spiro atoms. The van der Waals surface area contributed by atoms with Gasteiger partial charge in [0, 0.05) is 11.8 Å². The maximum Gasteiger partial charge on any atom is 0.0771 e. The van der Waals surface area contributed by atoms with Crippen molar-refractivity contribution in [3.63, 3.8) is 0 Å². The summed E-state index contributed by atoms with van der Waals surface area (Å²) in [5.41, 5.74) is 9.18. The van der Waals surface area contributed by atoms with E-state index in [1.807, 2.05) is 0 Å². The van der Waals surface area contributed by atoms with E-state index in [4.69, 9.17) is 0 Å². The van der Waals surface area contributed by atoms with Crippen LogP contribution in [0.25, 0.3) is 11.1 Å². The molecule has 0 nitrogen and oxygen atoms in total. The molecule has 0 radical (unpaired) electrons. The van der Waals surface area contributed by atoms with Gasteiger partial charge in [-0.05, 0) is 49.6 Å². The van der Waals surface area contributed by atoms with E-state index < -0.39 is 8.07 Å². The average Bonchev–Trinajstić information content (AvgIpc) is 3.29. The highest BCUT2D eigenvalue weighted by Gasteiger charge is 2.44. The second kappa shape index (κ2) is 7.57. The predicted molar refractivity (Wildman–Crippen MR) is 149 cm³/mol. The molecule has 0 amide bonds. The number of allylic oxidation sites excluding steroid dienone is 4. The molecule has 2 aliphatic rings. The highest BCUT2D eigenvalue weighted by Crippen LogP contribution is 2.57. The Hall–Kier alpha value is -1.86. The van der Waals surface area contributed by atoms with Crippen molar-refractivity contribution in [1.29, 1.82) is 0 Å². The summed E-state index contributed by atoms with van der Waals surface area (Å²) in [6.07, 6.45) is 7.51. The van der Waals surface area contributed by atoms with Crippen molar-refractivity contribution in [2.24, 2.45) is 11.3 Å². The van der Waals surface area contributed by atoms with Gasteiger partial charge in [-0.25, -0.2) is 0 Å². The summed E-state index contributed by atoms with van der Waals surface area (Å²) in [6.45, 7) is 26.3. The summed E-state index contributed by atoms with van der Waals surface area (Å²) in [5, 5.41) is 1.60. The number of benzene rings is 2. The van der Waals surface area contributed by atoms with Crippen molar-refractivity contribution in [2.75, 3.05) is 0 Å². The molecule has 1 unspecified atom stereocenters. The van der Waals surface area contributed by atoms with Gasteiger partial charge in [0.1, 0.15) is 0 Å². The van der Waals surface area contributed by atoms with E-state index in [1.165, 1.54) is 33.4 Å². The van der Waals surface area contributed by atoms with Crippen molar-refractivity contribution in [2.45, 2.75) is 91.8 Å². The highest BCUT2D eigenvalue weighted by atomic mass is 28.3. The Morgan fingerprint density at radius 1 is 0.667 bits per heavy atom. The standard InChI is InChI=1S/C32H44Si/c1-30(2,3)21-13-16-25-27(19-21)28-20-22(31(4,5)6)14-17-26(28)29(25)32(7,8)23-12-15-24(18-23)33(9,10)11/h12-20,23,29H,1-11H3. The maximum absolute atomic E-state index is 2.59. The van der Waals surface area contributed by atoms with Crippen molar-refractivity contribution in [3.8, 4) is 11.1 Å². The molecule has 1 atom stereocenters. The van der Waals surface area contributed by atoms with Gasteiger partial charge in [-0.2, -0.15) is 0 Å². The number of hydrogen-bond acceptors (Lipinski definition) is 0. The van der Waals surface area contributed by atoms with Gasteiger partial charge in [0.25, 0.3) is 0 Å². The van der Waals surface area contributed by atoms with Crippen LogP contribution in [0.5, 0.6) is 0 Å². The van der Waals surface area contributed by atoms with Gasteiger partial charge in [-0.3, -0.25) is 0 Å². The van der Waals surface area contributed by atoms with E-state index in [0.29, 0.717) is 11.8 Å². The van der Waals surface area contributed by atoms with Crippen molar-refractivity contribution in [1.82, 2.24) is 0 Å². The third kappa shape index (κ3) is 4.23. The zero-order valence-electron chi connectivity index (χ0n) is 22.9. The molecule has 2 aromatic rings. The minimum Gasteiger partial charge on any atom is -0.0778 e. The third-order valence-corrected chi connectivity index (χ3v) is 10.1. The lowest BCUT2D eigenvalue weighted by Crippen LogP contribution is -2.29. The van der Waals surface area contributed by atoms with Crippen molar-refractivity contribution >= 4 is 8.07 Å². The molecule has 2 aromatic carbocycles. The van der Waals surface area contributed by atoms with Gasteiger partial charge >= 0.3 is 0 Å². The minimum absolute atomic E-state index is 0.102. The Kier molecular flexibility index (Phi) is 5.57. The summed E-state index contributed by atoms with van der Waals surface area (Å²) in [4.78, 5) is 0. The quantitative estimate of drug-likeness (QED) is 0.403. The number of fused-ring (bicyclic) bond motifs is 3. The summed E-state index contributed by atoms with van der Waals surface area (Å²) < 4.78 is 0. The Bertz CT molecular complexity index is 1070. The first-order valence-electron chi connectivity index (χ1n) is 12.7. The normalized spacial score (nSPS) is 19.0. The molecule has 4 rings (SSSR count). The van der Waals surface area contributed by atoms with Gasteiger partial charge in [0.2, 0.25) is 0 Å². The summed E-state index contributed by atoms with van der Waals surface area (Å²) >= 11 is 0. The van der Waals surface area contributed by atoms with E-state index in [1.54, 1.807) is 5.20 Å². The number of hydrogen-bond donors (Lipinski definition) is 0. The van der Waals surface area contributed by atoms with Crippen molar-refractivity contribution < 1.29 is 0 Å². The molecule has 176 valence electrons. The Labute approximate surface area is 204 Å². The molecule has 0 saturated carbocycles. The van der Waals surface area contributed by atoms with Gasteiger partial charge in [-0.1, -0.05) is 135 Å². The maximum atomic E-state index is 2.59. The molecule has 1 heteroatoms. The van der Waals surface area contributed by atoms with E-state index in [-0.39, 0.29) is 16.2 Å². The molecule has 0 aliphatic heterocycles. The smallest absolute Gasteiger partial charge is 0.0771 e. The van der Waals surface area contributed by atoms with Gasteiger partial charge in [0.15, 0.2) is 0 Å². The SMILES string of the molecule is CC(C)(C)c1ccc2c(c1)-c1cc(C(C)(C)C)ccc1C2C(C)(C)C1C=CC([Si](C)(C)C)=C1. The fourth-order valence-corrected chi connectivity index (χ4v) is 6.93. The lowest BCUT2D eigenvalue weighted by atomic mass is 9.66. The fraction of sp³-hybridized carbons (Fsp3) is 0.500. The van der Waals surface area contributed by atoms with E-state index >= 15 is 0 Å². The molecule has 0 heterocycles. The highest BCUT2D eigenvalue weighted by molar-refractivity contribution is 6.83. The monoisotopic (exact) mass is 456 g/mol. The molecule has 0 bridgehead atoms. The zero-order chi connectivity index (χ0) is 24.6. The summed E-state index contributed by atoms with van der Waals surface area (Å²) in [6, 6.07) is 14.6. The fourth-order valence-electron chi connectivity index (χ4n) is 5.65. The summed E-state index contributed by atoms with van der Waals surface area (Å²) in [7, 11) is -1.31. The Balaban J connectivity index is 1.90. The molecule has 0 aromatic heterocycles. The molecule has 0 N–H and O–H groups in total. The van der Waals surface area contributed by atoms with Crippen LogP contribution < -0.4 is 0 Å².